The van der Waals surface area contributed by atoms with Gasteiger partial charge in [-0.15, -0.1) is 0 Å². The van der Waals surface area contributed by atoms with Crippen LogP contribution in [0.5, 0.6) is 0 Å². The number of nitrogens with two attached hydrogens (primary N) is 1. The third-order valence-electron chi connectivity index (χ3n) is 5.07. The highest BCUT2D eigenvalue weighted by molar-refractivity contribution is 5.82. The number of likely N-dealkylation sites (tertiary alicyclic amines) is 1. The van der Waals surface area contributed by atoms with Crippen LogP contribution < -0.4 is 11.1 Å². The summed E-state index contributed by atoms with van der Waals surface area (Å²) in [6.45, 7) is 1.64. The zero-order chi connectivity index (χ0) is 19.1. The number of primary amides is 1. The molecule has 1 fully saturated rings. The van der Waals surface area contributed by atoms with Crippen LogP contribution in [0.15, 0.2) is 60.7 Å². The molecule has 0 radical (unpaired) electrons. The van der Waals surface area contributed by atoms with Crippen molar-refractivity contribution in [3.63, 3.8) is 0 Å². The molecule has 0 aromatic heterocycles. The average Bonchev–Trinajstić information content (AvgIpc) is 2.72. The van der Waals surface area contributed by atoms with Crippen LogP contribution in [0, 0.1) is 0 Å². The lowest BCUT2D eigenvalue weighted by Gasteiger charge is -2.30. The van der Waals surface area contributed by atoms with E-state index in [1.807, 2.05) is 65.6 Å². The van der Waals surface area contributed by atoms with Gasteiger partial charge in [0.05, 0.1) is 0 Å². The Morgan fingerprint density at radius 3 is 2.00 bits per heavy atom. The summed E-state index contributed by atoms with van der Waals surface area (Å²) in [6, 6.07) is 18.2. The van der Waals surface area contributed by atoms with E-state index in [1.54, 1.807) is 0 Å². The number of carbonyl (C=O) groups excluding carboxylic acids is 2. The van der Waals surface area contributed by atoms with Crippen molar-refractivity contribution < 1.29 is 9.59 Å². The van der Waals surface area contributed by atoms with Crippen molar-refractivity contribution in [2.24, 2.45) is 5.73 Å². The highest BCUT2D eigenvalue weighted by Crippen LogP contribution is 2.24. The predicted molar refractivity (Wildman–Crippen MR) is 106 cm³/mol. The lowest BCUT2D eigenvalue weighted by Crippen LogP contribution is -2.40. The molecule has 2 amide bonds. The van der Waals surface area contributed by atoms with Crippen molar-refractivity contribution in [2.45, 2.75) is 37.8 Å². The van der Waals surface area contributed by atoms with E-state index >= 15 is 0 Å². The molecule has 2 aromatic rings. The zero-order valence-corrected chi connectivity index (χ0v) is 15.5. The lowest BCUT2D eigenvalue weighted by atomic mass is 9.98. The summed E-state index contributed by atoms with van der Waals surface area (Å²) in [4.78, 5) is 26.9. The monoisotopic (exact) mass is 365 g/mol. The van der Waals surface area contributed by atoms with Crippen molar-refractivity contribution in [1.82, 2.24) is 10.2 Å². The van der Waals surface area contributed by atoms with Gasteiger partial charge in [0, 0.05) is 25.6 Å². The number of hydrogen-bond donors (Lipinski definition) is 2. The molecule has 5 nitrogen and oxygen atoms in total. The maximum atomic E-state index is 12.8. The second-order valence-corrected chi connectivity index (χ2v) is 7.02. The van der Waals surface area contributed by atoms with Crippen LogP contribution in [0.25, 0.3) is 0 Å². The third-order valence-corrected chi connectivity index (χ3v) is 5.07. The Hall–Kier alpha value is -2.66. The third kappa shape index (κ3) is 5.17. The number of piperidine rings is 1. The summed E-state index contributed by atoms with van der Waals surface area (Å²) in [5.41, 5.74) is 7.45. The fourth-order valence-corrected chi connectivity index (χ4v) is 3.59. The zero-order valence-electron chi connectivity index (χ0n) is 15.5. The van der Waals surface area contributed by atoms with Gasteiger partial charge in [-0.25, -0.2) is 0 Å². The number of carbonyl (C=O) groups is 2. The summed E-state index contributed by atoms with van der Waals surface area (Å²) >= 11 is 0. The molecule has 1 unspecified atom stereocenters. The van der Waals surface area contributed by atoms with E-state index in [0.717, 1.165) is 37.1 Å². The van der Waals surface area contributed by atoms with Gasteiger partial charge in [-0.05, 0) is 30.4 Å². The van der Waals surface area contributed by atoms with Crippen molar-refractivity contribution in [3.8, 4) is 0 Å². The molecular formula is C22H27N3O2. The van der Waals surface area contributed by atoms with Gasteiger partial charge in [-0.3, -0.25) is 14.9 Å². The molecule has 1 heterocycles. The number of rotatable bonds is 7. The molecule has 2 atom stereocenters. The molecule has 3 N–H and O–H groups in total. The minimum absolute atomic E-state index is 0.118. The average molecular weight is 365 g/mol. The minimum atomic E-state index is -0.648. The molecule has 0 bridgehead atoms. The van der Waals surface area contributed by atoms with E-state index in [4.69, 9.17) is 5.73 Å². The van der Waals surface area contributed by atoms with Crippen LogP contribution in [0.3, 0.4) is 0 Å². The molecule has 142 valence electrons. The number of benzene rings is 2. The largest absolute Gasteiger partial charge is 0.368 e. The minimum Gasteiger partial charge on any atom is -0.368 e. The number of nitrogens with zero attached hydrogens (tertiary/aromatic N) is 1. The molecule has 0 saturated carbocycles. The summed E-state index contributed by atoms with van der Waals surface area (Å²) in [5, 5.41) is 3.33. The van der Waals surface area contributed by atoms with Gasteiger partial charge in [-0.2, -0.15) is 0 Å². The molecule has 1 aliphatic rings. The van der Waals surface area contributed by atoms with E-state index in [2.05, 4.69) is 5.32 Å². The van der Waals surface area contributed by atoms with Gasteiger partial charge >= 0.3 is 0 Å². The summed E-state index contributed by atoms with van der Waals surface area (Å²) in [6.07, 6.45) is 3.61. The topological polar surface area (TPSA) is 75.4 Å². The highest BCUT2D eigenvalue weighted by atomic mass is 16.2. The Morgan fingerprint density at radius 1 is 0.889 bits per heavy atom. The second-order valence-electron chi connectivity index (χ2n) is 7.02. The smallest absolute Gasteiger partial charge is 0.239 e. The van der Waals surface area contributed by atoms with Crippen LogP contribution >= 0.6 is 0 Å². The van der Waals surface area contributed by atoms with Gasteiger partial charge < -0.3 is 10.6 Å². The Bertz CT molecular complexity index is 743. The van der Waals surface area contributed by atoms with Gasteiger partial charge in [0.25, 0.3) is 0 Å². The number of amides is 2. The first-order valence-electron chi connectivity index (χ1n) is 9.58. The normalized spacial score (nSPS) is 16.5. The number of hydrogen-bond acceptors (Lipinski definition) is 3. The van der Waals surface area contributed by atoms with E-state index in [0.29, 0.717) is 6.42 Å². The van der Waals surface area contributed by atoms with E-state index < -0.39 is 11.9 Å². The Labute approximate surface area is 160 Å². The summed E-state index contributed by atoms with van der Waals surface area (Å²) < 4.78 is 0. The first-order chi connectivity index (χ1) is 13.1. The Balaban J connectivity index is 1.81. The van der Waals surface area contributed by atoms with Crippen molar-refractivity contribution in [3.05, 3.63) is 71.8 Å². The van der Waals surface area contributed by atoms with Crippen molar-refractivity contribution in [2.75, 3.05) is 13.1 Å². The molecule has 0 spiro atoms. The quantitative estimate of drug-likeness (QED) is 0.792. The first-order valence-corrected chi connectivity index (χ1v) is 9.58. The predicted octanol–water partition coefficient (Wildman–Crippen LogP) is 2.95. The molecular weight excluding hydrogens is 338 g/mol. The Morgan fingerprint density at radius 2 is 1.44 bits per heavy atom. The van der Waals surface area contributed by atoms with E-state index in [9.17, 15) is 9.59 Å². The maximum Gasteiger partial charge on any atom is 0.239 e. The molecule has 27 heavy (non-hydrogen) atoms. The van der Waals surface area contributed by atoms with Crippen molar-refractivity contribution >= 4 is 11.8 Å². The molecule has 3 rings (SSSR count). The highest BCUT2D eigenvalue weighted by Gasteiger charge is 2.26. The number of nitrogens with one attached hydrogen (secondary N) is 1. The SMILES string of the molecule is NC(=O)[C@@H](NC(CC(=O)N1CCCCC1)c1ccccc1)c1ccccc1. The molecule has 5 heteroatoms. The van der Waals surface area contributed by atoms with Crippen LogP contribution in [-0.2, 0) is 9.59 Å². The van der Waals surface area contributed by atoms with Crippen molar-refractivity contribution in [1.29, 1.82) is 0 Å². The Kier molecular flexibility index (Phi) is 6.60. The first kappa shape index (κ1) is 19.1. The second kappa shape index (κ2) is 9.33. The van der Waals surface area contributed by atoms with E-state index in [1.165, 1.54) is 6.42 Å². The fourth-order valence-electron chi connectivity index (χ4n) is 3.59. The van der Waals surface area contributed by atoms with Crippen LogP contribution in [0.4, 0.5) is 0 Å². The maximum absolute atomic E-state index is 12.8. The molecule has 1 aliphatic heterocycles. The van der Waals surface area contributed by atoms with Gasteiger partial charge in [-0.1, -0.05) is 60.7 Å². The van der Waals surface area contributed by atoms with Crippen LogP contribution in [0.1, 0.15) is 48.9 Å². The van der Waals surface area contributed by atoms with Gasteiger partial charge in [0.2, 0.25) is 11.8 Å². The van der Waals surface area contributed by atoms with Crippen LogP contribution in [-0.4, -0.2) is 29.8 Å². The summed E-state index contributed by atoms with van der Waals surface area (Å²) in [5.74, 6) is -0.333. The van der Waals surface area contributed by atoms with Crippen LogP contribution in [0.2, 0.25) is 0 Å². The summed E-state index contributed by atoms with van der Waals surface area (Å²) in [7, 11) is 0. The lowest BCUT2D eigenvalue weighted by molar-refractivity contribution is -0.133. The standard InChI is InChI=1S/C22H27N3O2/c23-22(27)21(18-12-6-2-7-13-18)24-19(17-10-4-1-5-11-17)16-20(26)25-14-8-3-9-15-25/h1-2,4-7,10-13,19,21,24H,3,8-9,14-16H2,(H2,23,27)/t19?,21-/m0/s1. The van der Waals surface area contributed by atoms with Gasteiger partial charge in [0.15, 0.2) is 0 Å². The fraction of sp³-hybridized carbons (Fsp3) is 0.364. The molecule has 2 aromatic carbocycles. The van der Waals surface area contributed by atoms with Gasteiger partial charge in [0.1, 0.15) is 6.04 Å². The molecule has 1 saturated heterocycles. The molecule has 0 aliphatic carbocycles. The van der Waals surface area contributed by atoms with E-state index in [-0.39, 0.29) is 11.9 Å².